The van der Waals surface area contributed by atoms with Crippen molar-refractivity contribution in [3.05, 3.63) is 29.6 Å². The lowest BCUT2D eigenvalue weighted by Gasteiger charge is -2.36. The summed E-state index contributed by atoms with van der Waals surface area (Å²) in [6.07, 6.45) is -1.99. The minimum absolute atomic E-state index is 0.0909. The van der Waals surface area contributed by atoms with Gasteiger partial charge in [-0.25, -0.2) is 9.97 Å². The Balaban J connectivity index is 1.30. The van der Waals surface area contributed by atoms with Crippen LogP contribution in [0.15, 0.2) is 18.3 Å². The van der Waals surface area contributed by atoms with Gasteiger partial charge in [-0.2, -0.15) is 18.2 Å². The number of nitrogens with zero attached hydrogens (tertiary/aromatic N) is 4. The van der Waals surface area contributed by atoms with Gasteiger partial charge in [-0.05, 0) is 38.7 Å². The Morgan fingerprint density at radius 1 is 1.29 bits per heavy atom. The lowest BCUT2D eigenvalue weighted by Crippen LogP contribution is -2.45. The van der Waals surface area contributed by atoms with Crippen LogP contribution in [0.3, 0.4) is 0 Å². The number of hydrogen-bond acceptors (Lipinski definition) is 7. The molecule has 11 heteroatoms. The molecule has 2 aromatic heterocycles. The lowest BCUT2D eigenvalue weighted by molar-refractivity contribution is -0.137. The molecule has 0 spiro atoms. The molecule has 2 N–H and O–H groups in total. The van der Waals surface area contributed by atoms with E-state index in [1.165, 1.54) is 6.07 Å². The van der Waals surface area contributed by atoms with Crippen LogP contribution in [0, 0.1) is 12.8 Å². The third kappa shape index (κ3) is 4.35. The first-order valence-corrected chi connectivity index (χ1v) is 9.96. The van der Waals surface area contributed by atoms with Crippen LogP contribution in [0.4, 0.5) is 30.6 Å². The van der Waals surface area contributed by atoms with Crippen molar-refractivity contribution in [2.45, 2.75) is 44.9 Å². The molecule has 1 saturated carbocycles. The van der Waals surface area contributed by atoms with Gasteiger partial charge in [-0.1, -0.05) is 0 Å². The maximum Gasteiger partial charge on any atom is 0.417 e. The Morgan fingerprint density at radius 3 is 2.68 bits per heavy atom. The van der Waals surface area contributed by atoms with Crippen molar-refractivity contribution in [2.75, 3.05) is 29.2 Å². The molecule has 0 radical (unpaired) electrons. The summed E-state index contributed by atoms with van der Waals surface area (Å²) in [6.45, 7) is 4.02. The molecule has 2 aromatic rings. The van der Waals surface area contributed by atoms with E-state index in [1.807, 2.05) is 25.8 Å². The van der Waals surface area contributed by atoms with Gasteiger partial charge in [0.25, 0.3) is 0 Å². The molecule has 0 bridgehead atoms. The van der Waals surface area contributed by atoms with Crippen LogP contribution < -0.4 is 20.3 Å². The SMILES string of the molecule is Cc1nc(N[C@H]2C[C@@H](COc3ccc(C(F)(F)F)cn3)C2)nc2c1NC(=O)[C@H](C)N2C. The van der Waals surface area contributed by atoms with E-state index in [-0.39, 0.29) is 29.8 Å². The number of fused-ring (bicyclic) bond motifs is 1. The molecule has 1 aliphatic carbocycles. The fraction of sp³-hybridized carbons (Fsp3) is 0.500. The van der Waals surface area contributed by atoms with Gasteiger partial charge in [-0.15, -0.1) is 0 Å². The molecule has 3 heterocycles. The smallest absolute Gasteiger partial charge is 0.417 e. The van der Waals surface area contributed by atoms with Crippen LogP contribution in [0.5, 0.6) is 5.88 Å². The molecule has 0 unspecified atom stereocenters. The number of hydrogen-bond donors (Lipinski definition) is 2. The van der Waals surface area contributed by atoms with E-state index in [2.05, 4.69) is 25.6 Å². The second-order valence-corrected chi connectivity index (χ2v) is 7.98. The van der Waals surface area contributed by atoms with Crippen molar-refractivity contribution in [1.29, 1.82) is 0 Å². The monoisotopic (exact) mass is 436 g/mol. The molecule has 1 atom stereocenters. The molecule has 0 saturated heterocycles. The number of likely N-dealkylation sites (N-methyl/N-ethyl adjacent to an activating group) is 1. The van der Waals surface area contributed by atoms with E-state index in [0.717, 1.165) is 25.1 Å². The van der Waals surface area contributed by atoms with Crippen LogP contribution in [0.1, 0.15) is 31.0 Å². The fourth-order valence-electron chi connectivity index (χ4n) is 3.62. The van der Waals surface area contributed by atoms with E-state index < -0.39 is 11.7 Å². The molecule has 1 amide bonds. The maximum atomic E-state index is 12.6. The van der Waals surface area contributed by atoms with Crippen LogP contribution in [0.25, 0.3) is 0 Å². The number of carbonyl (C=O) groups is 1. The third-order valence-electron chi connectivity index (χ3n) is 5.71. The number of halogens is 3. The molecule has 31 heavy (non-hydrogen) atoms. The minimum atomic E-state index is -4.41. The third-order valence-corrected chi connectivity index (χ3v) is 5.71. The summed E-state index contributed by atoms with van der Waals surface area (Å²) in [7, 11) is 1.82. The Hall–Kier alpha value is -3.11. The Kier molecular flexibility index (Phi) is 5.36. The normalized spacial score (nSPS) is 23.0. The zero-order valence-electron chi connectivity index (χ0n) is 17.3. The van der Waals surface area contributed by atoms with Crippen LogP contribution in [0.2, 0.25) is 0 Å². The Labute approximate surface area is 177 Å². The molecule has 2 aliphatic rings. The predicted octanol–water partition coefficient (Wildman–Crippen LogP) is 3.25. The summed E-state index contributed by atoms with van der Waals surface area (Å²) in [6, 6.07) is 2.05. The van der Waals surface area contributed by atoms with Crippen molar-refractivity contribution in [3.8, 4) is 5.88 Å². The first kappa shape index (κ1) is 21.1. The largest absolute Gasteiger partial charge is 0.477 e. The molecule has 8 nitrogen and oxygen atoms in total. The summed E-state index contributed by atoms with van der Waals surface area (Å²) >= 11 is 0. The molecular weight excluding hydrogens is 413 g/mol. The van der Waals surface area contributed by atoms with Crippen molar-refractivity contribution in [2.24, 2.45) is 5.92 Å². The maximum absolute atomic E-state index is 12.6. The number of amides is 1. The minimum Gasteiger partial charge on any atom is -0.477 e. The zero-order valence-corrected chi connectivity index (χ0v) is 17.3. The summed E-state index contributed by atoms with van der Waals surface area (Å²) in [5.41, 5.74) is 0.514. The molecule has 4 rings (SSSR count). The highest BCUT2D eigenvalue weighted by molar-refractivity contribution is 6.03. The van der Waals surface area contributed by atoms with Crippen molar-refractivity contribution in [1.82, 2.24) is 15.0 Å². The average molecular weight is 436 g/mol. The van der Waals surface area contributed by atoms with Gasteiger partial charge in [-0.3, -0.25) is 4.79 Å². The molecule has 1 fully saturated rings. The van der Waals surface area contributed by atoms with E-state index in [1.54, 1.807) is 0 Å². The van der Waals surface area contributed by atoms with Crippen LogP contribution in [-0.4, -0.2) is 46.6 Å². The number of alkyl halides is 3. The molecular formula is C20H23F3N6O2. The quantitative estimate of drug-likeness (QED) is 0.743. The van der Waals surface area contributed by atoms with Crippen LogP contribution in [-0.2, 0) is 11.0 Å². The first-order chi connectivity index (χ1) is 14.6. The standard InChI is InChI=1S/C20H23F3N6O2/c1-10-16-17(29(3)11(2)18(30)27-16)28-19(25-10)26-14-6-12(7-14)9-31-15-5-4-13(8-24-15)20(21,22)23/h4-5,8,11-12,14H,6-7,9H2,1-3H3,(H,27,30)(H,25,26,28)/t11-,12-,14+/m0/s1. The van der Waals surface area contributed by atoms with Gasteiger partial charge in [0.1, 0.15) is 11.7 Å². The topological polar surface area (TPSA) is 92.3 Å². The summed E-state index contributed by atoms with van der Waals surface area (Å²) < 4.78 is 43.2. The Morgan fingerprint density at radius 2 is 2.03 bits per heavy atom. The number of pyridine rings is 1. The van der Waals surface area contributed by atoms with E-state index in [9.17, 15) is 18.0 Å². The fourth-order valence-corrected chi connectivity index (χ4v) is 3.62. The van der Waals surface area contributed by atoms with Gasteiger partial charge in [0.15, 0.2) is 5.82 Å². The second-order valence-electron chi connectivity index (χ2n) is 7.98. The van der Waals surface area contributed by atoms with Gasteiger partial charge in [0, 0.05) is 25.4 Å². The second kappa shape index (κ2) is 7.86. The van der Waals surface area contributed by atoms with Crippen molar-refractivity contribution >= 4 is 23.4 Å². The summed E-state index contributed by atoms with van der Waals surface area (Å²) in [5.74, 6) is 1.53. The van der Waals surface area contributed by atoms with E-state index in [4.69, 9.17) is 4.74 Å². The highest BCUT2D eigenvalue weighted by Gasteiger charge is 2.33. The molecule has 166 valence electrons. The van der Waals surface area contributed by atoms with Gasteiger partial charge < -0.3 is 20.3 Å². The highest BCUT2D eigenvalue weighted by Crippen LogP contribution is 2.35. The lowest BCUT2D eigenvalue weighted by atomic mass is 9.81. The van der Waals surface area contributed by atoms with E-state index >= 15 is 0 Å². The zero-order chi connectivity index (χ0) is 22.3. The predicted molar refractivity (Wildman–Crippen MR) is 108 cm³/mol. The summed E-state index contributed by atoms with van der Waals surface area (Å²) in [5, 5.41) is 6.16. The van der Waals surface area contributed by atoms with Gasteiger partial charge in [0.05, 0.1) is 17.9 Å². The number of nitrogens with one attached hydrogen (secondary N) is 2. The van der Waals surface area contributed by atoms with Crippen molar-refractivity contribution < 1.29 is 22.7 Å². The number of rotatable bonds is 5. The first-order valence-electron chi connectivity index (χ1n) is 9.96. The number of carbonyl (C=O) groups excluding carboxylic acids is 1. The van der Waals surface area contributed by atoms with Gasteiger partial charge >= 0.3 is 6.18 Å². The van der Waals surface area contributed by atoms with E-state index in [0.29, 0.717) is 29.8 Å². The highest BCUT2D eigenvalue weighted by atomic mass is 19.4. The van der Waals surface area contributed by atoms with Crippen LogP contribution >= 0.6 is 0 Å². The molecule has 1 aliphatic heterocycles. The number of ether oxygens (including phenoxy) is 1. The van der Waals surface area contributed by atoms with Crippen molar-refractivity contribution in [3.63, 3.8) is 0 Å². The van der Waals surface area contributed by atoms with Gasteiger partial charge in [0.2, 0.25) is 17.7 Å². The average Bonchev–Trinajstić information content (AvgIpc) is 2.68. The summed E-state index contributed by atoms with van der Waals surface area (Å²) in [4.78, 5) is 26.6. The Bertz CT molecular complexity index is 976. The number of aromatic nitrogens is 3. The number of anilines is 3. The number of aryl methyl sites for hydroxylation is 1. The molecule has 0 aromatic carbocycles.